The minimum absolute atomic E-state index is 0.0231. The molecule has 0 saturated carbocycles. The van der Waals surface area contributed by atoms with Crippen LogP contribution in [0.5, 0.6) is 5.75 Å². The molecule has 104 valence electrons. The largest absolute Gasteiger partial charge is 0.508 e. The van der Waals surface area contributed by atoms with Gasteiger partial charge in [-0.2, -0.15) is 0 Å². The molecule has 0 spiro atoms. The van der Waals surface area contributed by atoms with Gasteiger partial charge in [0.15, 0.2) is 0 Å². The van der Waals surface area contributed by atoms with Crippen LogP contribution in [0.4, 0.5) is 0 Å². The number of phenols is 1. The van der Waals surface area contributed by atoms with Crippen LogP contribution in [0.3, 0.4) is 0 Å². The Balaban J connectivity index is 0.000000494. The van der Waals surface area contributed by atoms with E-state index in [4.69, 9.17) is 19.2 Å². The van der Waals surface area contributed by atoms with Crippen molar-refractivity contribution in [3.63, 3.8) is 0 Å². The molecule has 0 aliphatic carbocycles. The fraction of sp³-hybridized carbons (Fsp3) is 0.500. The Morgan fingerprint density at radius 2 is 1.61 bits per heavy atom. The third-order valence-electron chi connectivity index (χ3n) is 2.28. The summed E-state index contributed by atoms with van der Waals surface area (Å²) in [4.78, 5) is 21.6. The van der Waals surface area contributed by atoms with Gasteiger partial charge in [-0.3, -0.25) is 0 Å². The van der Waals surface area contributed by atoms with Crippen LogP contribution in [0.25, 0.3) is 0 Å². The van der Waals surface area contributed by atoms with Gasteiger partial charge in [0, 0.05) is 0 Å². The lowest BCUT2D eigenvalue weighted by molar-refractivity contribution is 0.275. The summed E-state index contributed by atoms with van der Waals surface area (Å²) in [6.45, 7) is 8.46. The number of hydrogen-bond acceptors (Lipinski definition) is 2. The molecule has 6 heteroatoms. The van der Waals surface area contributed by atoms with Crippen LogP contribution in [-0.2, 0) is 16.4 Å². The number of rotatable bonds is 1. The number of phosphoric acid groups is 1. The van der Waals surface area contributed by atoms with Crippen LogP contribution < -0.4 is 0 Å². The maximum absolute atomic E-state index is 9.67. The van der Waals surface area contributed by atoms with Gasteiger partial charge >= 0.3 is 7.82 Å². The minimum atomic E-state index is -4.64. The molecule has 0 heterocycles. The summed E-state index contributed by atoms with van der Waals surface area (Å²) in [5.41, 5.74) is 2.34. The Bertz CT molecular complexity index is 422. The normalized spacial score (nSPS) is 11.7. The number of hydrogen-bond donors (Lipinski definition) is 4. The van der Waals surface area contributed by atoms with Crippen molar-refractivity contribution in [3.8, 4) is 5.75 Å². The molecule has 18 heavy (non-hydrogen) atoms. The van der Waals surface area contributed by atoms with Gasteiger partial charge in [-0.25, -0.2) is 4.57 Å². The SMILES string of the molecule is CCc1ccc(O)c(C(C)(C)C)c1.O=P(O)(O)O. The van der Waals surface area contributed by atoms with Crippen molar-refractivity contribution in [1.29, 1.82) is 0 Å². The van der Waals surface area contributed by atoms with Gasteiger partial charge < -0.3 is 19.8 Å². The van der Waals surface area contributed by atoms with Gasteiger partial charge in [0.2, 0.25) is 0 Å². The van der Waals surface area contributed by atoms with Crippen molar-refractivity contribution in [2.75, 3.05) is 0 Å². The Labute approximate surface area is 107 Å². The first-order valence-electron chi connectivity index (χ1n) is 5.55. The van der Waals surface area contributed by atoms with Crippen LogP contribution in [0.1, 0.15) is 38.8 Å². The van der Waals surface area contributed by atoms with Gasteiger partial charge in [0.1, 0.15) is 5.75 Å². The van der Waals surface area contributed by atoms with E-state index in [1.807, 2.05) is 6.07 Å². The standard InChI is InChI=1S/C12H18O.H3O4P/c1-5-9-6-7-11(13)10(8-9)12(2,3)4;1-5(2,3)4/h6-8,13H,5H2,1-4H3;(H3,1,2,3,4). The summed E-state index contributed by atoms with van der Waals surface area (Å²) >= 11 is 0. The zero-order valence-corrected chi connectivity index (χ0v) is 12.0. The highest BCUT2D eigenvalue weighted by Crippen LogP contribution is 2.31. The number of benzene rings is 1. The molecular formula is C12H21O5P. The van der Waals surface area contributed by atoms with E-state index in [-0.39, 0.29) is 5.41 Å². The Morgan fingerprint density at radius 1 is 1.17 bits per heavy atom. The van der Waals surface area contributed by atoms with Gasteiger partial charge in [-0.05, 0) is 29.0 Å². The van der Waals surface area contributed by atoms with Crippen LogP contribution in [0.15, 0.2) is 18.2 Å². The summed E-state index contributed by atoms with van der Waals surface area (Å²) in [6.07, 6.45) is 1.02. The molecular weight excluding hydrogens is 255 g/mol. The van der Waals surface area contributed by atoms with Crippen molar-refractivity contribution in [1.82, 2.24) is 0 Å². The third kappa shape index (κ3) is 7.45. The highest BCUT2D eigenvalue weighted by Gasteiger charge is 2.17. The first kappa shape index (κ1) is 17.1. The number of aromatic hydroxyl groups is 1. The second-order valence-corrected chi connectivity index (χ2v) is 5.99. The number of phenolic OH excluding ortho intramolecular Hbond substituents is 1. The van der Waals surface area contributed by atoms with Crippen LogP contribution in [-0.4, -0.2) is 19.8 Å². The minimum Gasteiger partial charge on any atom is -0.508 e. The lowest BCUT2D eigenvalue weighted by Crippen LogP contribution is -2.11. The molecule has 5 nitrogen and oxygen atoms in total. The average molecular weight is 276 g/mol. The first-order chi connectivity index (χ1) is 7.95. The van der Waals surface area contributed by atoms with Crippen molar-refractivity contribution in [2.24, 2.45) is 0 Å². The van der Waals surface area contributed by atoms with E-state index in [0.717, 1.165) is 12.0 Å². The van der Waals surface area contributed by atoms with Crippen molar-refractivity contribution in [2.45, 2.75) is 39.5 Å². The zero-order chi connectivity index (χ0) is 14.6. The fourth-order valence-electron chi connectivity index (χ4n) is 1.40. The molecule has 0 amide bonds. The predicted octanol–water partition coefficient (Wildman–Crippen LogP) is 2.32. The van der Waals surface area contributed by atoms with Gasteiger partial charge in [-0.15, -0.1) is 0 Å². The van der Waals surface area contributed by atoms with Gasteiger partial charge in [0.25, 0.3) is 0 Å². The summed E-state index contributed by atoms with van der Waals surface area (Å²) in [6, 6.07) is 5.86. The highest BCUT2D eigenvalue weighted by atomic mass is 31.2. The van der Waals surface area contributed by atoms with E-state index in [9.17, 15) is 5.11 Å². The van der Waals surface area contributed by atoms with Crippen LogP contribution in [0, 0.1) is 0 Å². The molecule has 0 unspecified atom stereocenters. The third-order valence-corrected chi connectivity index (χ3v) is 2.28. The summed E-state index contributed by atoms with van der Waals surface area (Å²) in [7, 11) is -4.64. The maximum Gasteiger partial charge on any atom is 0.466 e. The monoisotopic (exact) mass is 276 g/mol. The quantitative estimate of drug-likeness (QED) is 0.590. The summed E-state index contributed by atoms with van der Waals surface area (Å²) < 4.78 is 8.88. The Morgan fingerprint density at radius 3 is 1.94 bits per heavy atom. The first-order valence-corrected chi connectivity index (χ1v) is 7.12. The van der Waals surface area contributed by atoms with E-state index in [2.05, 4.69) is 33.8 Å². The molecule has 4 N–H and O–H groups in total. The van der Waals surface area contributed by atoms with Gasteiger partial charge in [-0.1, -0.05) is 39.8 Å². The Kier molecular flexibility index (Phi) is 6.04. The zero-order valence-electron chi connectivity index (χ0n) is 11.1. The smallest absolute Gasteiger partial charge is 0.466 e. The highest BCUT2D eigenvalue weighted by molar-refractivity contribution is 7.45. The van der Waals surface area contributed by atoms with Crippen LogP contribution in [0.2, 0.25) is 0 Å². The second kappa shape index (κ2) is 6.34. The van der Waals surface area contributed by atoms with Crippen molar-refractivity contribution >= 4 is 7.82 Å². The molecule has 1 aromatic rings. The molecule has 0 aliphatic rings. The van der Waals surface area contributed by atoms with E-state index in [1.54, 1.807) is 6.07 Å². The lowest BCUT2D eigenvalue weighted by Gasteiger charge is -2.21. The molecule has 0 radical (unpaired) electrons. The topological polar surface area (TPSA) is 98.0 Å². The van der Waals surface area contributed by atoms with E-state index < -0.39 is 7.82 Å². The maximum atomic E-state index is 9.67. The molecule has 0 atom stereocenters. The van der Waals surface area contributed by atoms with Crippen molar-refractivity contribution in [3.05, 3.63) is 29.3 Å². The van der Waals surface area contributed by atoms with E-state index >= 15 is 0 Å². The molecule has 1 aromatic carbocycles. The molecule has 1 rings (SSSR count). The second-order valence-electron chi connectivity index (χ2n) is 4.97. The molecule has 0 fully saturated rings. The van der Waals surface area contributed by atoms with Gasteiger partial charge in [0.05, 0.1) is 0 Å². The number of aryl methyl sites for hydroxylation is 1. The molecule has 0 saturated heterocycles. The summed E-state index contributed by atoms with van der Waals surface area (Å²) in [5, 5.41) is 9.67. The summed E-state index contributed by atoms with van der Waals surface area (Å²) in [5.74, 6) is 0.407. The average Bonchev–Trinajstić information content (AvgIpc) is 2.14. The molecule has 0 bridgehead atoms. The molecule has 0 aromatic heterocycles. The predicted molar refractivity (Wildman–Crippen MR) is 70.4 cm³/mol. The molecule has 0 aliphatic heterocycles. The fourth-order valence-corrected chi connectivity index (χ4v) is 1.40. The Hall–Kier alpha value is -0.870. The van der Waals surface area contributed by atoms with Crippen LogP contribution >= 0.6 is 7.82 Å². The van der Waals surface area contributed by atoms with Crippen molar-refractivity contribution < 1.29 is 24.4 Å². The van der Waals surface area contributed by atoms with E-state index in [1.165, 1.54) is 5.56 Å². The lowest BCUT2D eigenvalue weighted by atomic mass is 9.85. The van der Waals surface area contributed by atoms with E-state index in [0.29, 0.717) is 5.75 Å².